The zero-order valence-corrected chi connectivity index (χ0v) is 13.2. The second-order valence-corrected chi connectivity index (χ2v) is 6.87. The van der Waals surface area contributed by atoms with Crippen molar-refractivity contribution in [2.24, 2.45) is 0 Å². The lowest BCUT2D eigenvalue weighted by molar-refractivity contribution is -0.117. The van der Waals surface area contributed by atoms with Crippen LogP contribution >= 0.6 is 11.3 Å². The molecule has 1 atom stereocenters. The monoisotopic (exact) mass is 313 g/mol. The minimum Gasteiger partial charge on any atom is -0.306 e. The molecule has 1 aromatic carbocycles. The molecule has 0 bridgehead atoms. The molecule has 22 heavy (non-hydrogen) atoms. The van der Waals surface area contributed by atoms with Crippen molar-refractivity contribution >= 4 is 22.4 Å². The molecule has 1 amide bonds. The number of fused-ring (bicyclic) bond motifs is 1. The van der Waals surface area contributed by atoms with Gasteiger partial charge >= 0.3 is 0 Å². The first-order valence-corrected chi connectivity index (χ1v) is 8.79. The van der Waals surface area contributed by atoms with E-state index < -0.39 is 0 Å². The van der Waals surface area contributed by atoms with E-state index >= 15 is 0 Å². The van der Waals surface area contributed by atoms with Crippen molar-refractivity contribution in [1.82, 2.24) is 10.3 Å². The minimum atomic E-state index is -0.0626. The van der Waals surface area contributed by atoms with E-state index in [0.717, 1.165) is 30.6 Å². The number of aryl methyl sites for hydroxylation is 2. The Hall–Kier alpha value is -1.72. The Balaban J connectivity index is 1.50. The van der Waals surface area contributed by atoms with E-state index in [9.17, 15) is 4.79 Å². The summed E-state index contributed by atoms with van der Waals surface area (Å²) in [5, 5.41) is 8.85. The Morgan fingerprint density at radius 3 is 3.05 bits per heavy atom. The van der Waals surface area contributed by atoms with Crippen LogP contribution in [0.4, 0.5) is 5.13 Å². The van der Waals surface area contributed by atoms with E-state index in [1.165, 1.54) is 41.7 Å². The zero-order chi connectivity index (χ0) is 14.9. The Kier molecular flexibility index (Phi) is 3.68. The molecule has 2 N–H and O–H groups in total. The van der Waals surface area contributed by atoms with Gasteiger partial charge in [0.05, 0.1) is 11.7 Å². The van der Waals surface area contributed by atoms with Gasteiger partial charge in [0.1, 0.15) is 0 Å². The molecule has 2 aliphatic rings. The van der Waals surface area contributed by atoms with Crippen molar-refractivity contribution in [2.75, 3.05) is 11.9 Å². The lowest BCUT2D eigenvalue weighted by Crippen LogP contribution is -2.35. The number of aromatic nitrogens is 1. The summed E-state index contributed by atoms with van der Waals surface area (Å²) in [4.78, 5) is 16.7. The average Bonchev–Trinajstić information content (AvgIpc) is 3.27. The summed E-state index contributed by atoms with van der Waals surface area (Å²) in [5.41, 5.74) is 5.02. The number of amides is 1. The highest BCUT2D eigenvalue weighted by molar-refractivity contribution is 7.14. The molecule has 0 spiro atoms. The average molecular weight is 313 g/mol. The van der Waals surface area contributed by atoms with E-state index in [2.05, 4.69) is 33.8 Å². The van der Waals surface area contributed by atoms with Crippen molar-refractivity contribution in [3.05, 3.63) is 34.7 Å². The van der Waals surface area contributed by atoms with Crippen LogP contribution in [0.25, 0.3) is 11.3 Å². The van der Waals surface area contributed by atoms with Crippen molar-refractivity contribution in [2.45, 2.75) is 38.1 Å². The summed E-state index contributed by atoms with van der Waals surface area (Å²) in [6, 6.07) is 6.55. The molecule has 5 heteroatoms. The molecule has 1 unspecified atom stereocenters. The largest absolute Gasteiger partial charge is 0.306 e. The fraction of sp³-hybridized carbons (Fsp3) is 0.412. The molecular weight excluding hydrogens is 294 g/mol. The molecule has 114 valence electrons. The van der Waals surface area contributed by atoms with Gasteiger partial charge in [0, 0.05) is 10.9 Å². The molecule has 4 nitrogen and oxygen atoms in total. The quantitative estimate of drug-likeness (QED) is 0.916. The molecule has 1 aliphatic heterocycles. The summed E-state index contributed by atoms with van der Waals surface area (Å²) in [6.07, 6.45) is 5.60. The zero-order valence-electron chi connectivity index (χ0n) is 12.4. The van der Waals surface area contributed by atoms with Gasteiger partial charge in [0.15, 0.2) is 5.13 Å². The van der Waals surface area contributed by atoms with Gasteiger partial charge in [0.25, 0.3) is 0 Å². The summed E-state index contributed by atoms with van der Waals surface area (Å²) in [5.74, 6) is 0.0346. The summed E-state index contributed by atoms with van der Waals surface area (Å²) in [7, 11) is 0. The van der Waals surface area contributed by atoms with Gasteiger partial charge in [-0.2, -0.15) is 0 Å². The van der Waals surface area contributed by atoms with Gasteiger partial charge < -0.3 is 10.6 Å². The first kappa shape index (κ1) is 13.9. The van der Waals surface area contributed by atoms with Crippen molar-refractivity contribution in [1.29, 1.82) is 0 Å². The van der Waals surface area contributed by atoms with Crippen LogP contribution < -0.4 is 10.6 Å². The Labute approximate surface area is 134 Å². The first-order chi connectivity index (χ1) is 10.8. The third kappa shape index (κ3) is 2.66. The molecule has 1 fully saturated rings. The number of carbonyl (C=O) groups is 1. The predicted octanol–water partition coefficient (Wildman–Crippen LogP) is 2.99. The lowest BCUT2D eigenvalue weighted by atomic mass is 10.1. The first-order valence-electron chi connectivity index (χ1n) is 7.91. The van der Waals surface area contributed by atoms with Crippen LogP contribution in [0, 0.1) is 0 Å². The second-order valence-electron chi connectivity index (χ2n) is 6.01. The van der Waals surface area contributed by atoms with Crippen LogP contribution in [0.3, 0.4) is 0 Å². The third-order valence-corrected chi connectivity index (χ3v) is 5.26. The number of hydrogen-bond donors (Lipinski definition) is 2. The van der Waals surface area contributed by atoms with Crippen LogP contribution in [0.1, 0.15) is 30.4 Å². The number of benzene rings is 1. The number of carbonyl (C=O) groups excluding carboxylic acids is 1. The van der Waals surface area contributed by atoms with E-state index in [0.29, 0.717) is 5.13 Å². The van der Waals surface area contributed by atoms with Gasteiger partial charge in [-0.05, 0) is 55.8 Å². The lowest BCUT2D eigenvalue weighted by Gasteiger charge is -2.08. The molecule has 0 radical (unpaired) electrons. The van der Waals surface area contributed by atoms with E-state index in [-0.39, 0.29) is 11.9 Å². The number of rotatable bonds is 3. The topological polar surface area (TPSA) is 54.0 Å². The number of nitrogens with one attached hydrogen (secondary N) is 2. The smallest absolute Gasteiger partial charge is 0.243 e. The molecule has 1 aromatic heterocycles. The molecule has 2 aromatic rings. The van der Waals surface area contributed by atoms with Crippen LogP contribution in [0.5, 0.6) is 0 Å². The Bertz CT molecular complexity index is 704. The van der Waals surface area contributed by atoms with Crippen molar-refractivity contribution in [3.63, 3.8) is 0 Å². The summed E-state index contributed by atoms with van der Waals surface area (Å²) >= 11 is 1.49. The van der Waals surface area contributed by atoms with Crippen LogP contribution in [-0.2, 0) is 17.6 Å². The number of nitrogens with zero attached hydrogens (tertiary/aromatic N) is 1. The van der Waals surface area contributed by atoms with Gasteiger partial charge in [-0.25, -0.2) is 4.98 Å². The van der Waals surface area contributed by atoms with Gasteiger partial charge in [-0.15, -0.1) is 11.3 Å². The van der Waals surface area contributed by atoms with Crippen LogP contribution in [0.15, 0.2) is 23.6 Å². The maximum atomic E-state index is 12.1. The standard InChI is InChI=1S/C17H19N3OS/c21-16(14-5-2-8-18-14)20-17-19-15(10-22-17)13-7-6-11-3-1-4-12(11)9-13/h6-7,9-10,14,18H,1-5,8H2,(H,19,20,21). The molecule has 1 aliphatic carbocycles. The number of hydrogen-bond acceptors (Lipinski definition) is 4. The van der Waals surface area contributed by atoms with Gasteiger partial charge in [0.2, 0.25) is 5.91 Å². The molecule has 2 heterocycles. The van der Waals surface area contributed by atoms with Crippen molar-refractivity contribution in [3.8, 4) is 11.3 Å². The van der Waals surface area contributed by atoms with Crippen LogP contribution in [0.2, 0.25) is 0 Å². The highest BCUT2D eigenvalue weighted by atomic mass is 32.1. The van der Waals surface area contributed by atoms with E-state index in [1.807, 2.05) is 5.38 Å². The predicted molar refractivity (Wildman–Crippen MR) is 89.2 cm³/mol. The summed E-state index contributed by atoms with van der Waals surface area (Å²) in [6.45, 7) is 0.927. The highest BCUT2D eigenvalue weighted by Gasteiger charge is 2.22. The Morgan fingerprint density at radius 2 is 2.18 bits per heavy atom. The Morgan fingerprint density at radius 1 is 1.27 bits per heavy atom. The summed E-state index contributed by atoms with van der Waals surface area (Å²) < 4.78 is 0. The molecule has 1 saturated heterocycles. The van der Waals surface area contributed by atoms with Gasteiger partial charge in [-0.3, -0.25) is 4.79 Å². The van der Waals surface area contributed by atoms with E-state index in [4.69, 9.17) is 0 Å². The minimum absolute atomic E-state index is 0.0346. The van der Waals surface area contributed by atoms with Crippen LogP contribution in [-0.4, -0.2) is 23.5 Å². The van der Waals surface area contributed by atoms with Crippen molar-refractivity contribution < 1.29 is 4.79 Å². The maximum absolute atomic E-state index is 12.1. The molecule has 0 saturated carbocycles. The SMILES string of the molecule is O=C(Nc1nc(-c2ccc3c(c2)CCC3)cs1)C1CCCN1. The number of thiazole rings is 1. The molecular formula is C17H19N3OS. The fourth-order valence-electron chi connectivity index (χ4n) is 3.30. The normalized spacial score (nSPS) is 20.1. The van der Waals surface area contributed by atoms with E-state index in [1.54, 1.807) is 0 Å². The third-order valence-electron chi connectivity index (χ3n) is 4.51. The fourth-order valence-corrected chi connectivity index (χ4v) is 4.02. The number of anilines is 1. The highest BCUT2D eigenvalue weighted by Crippen LogP contribution is 2.30. The molecule has 4 rings (SSSR count). The van der Waals surface area contributed by atoms with Gasteiger partial charge in [-0.1, -0.05) is 12.1 Å². The second kappa shape index (κ2) is 5.82. The maximum Gasteiger partial charge on any atom is 0.243 e.